The summed E-state index contributed by atoms with van der Waals surface area (Å²) in [6.45, 7) is 0. The van der Waals surface area contributed by atoms with Crippen LogP contribution in [-0.2, 0) is 7.05 Å². The number of benzene rings is 1. The van der Waals surface area contributed by atoms with Crippen molar-refractivity contribution in [1.29, 1.82) is 0 Å². The van der Waals surface area contributed by atoms with E-state index in [2.05, 4.69) is 9.97 Å². The lowest BCUT2D eigenvalue weighted by molar-refractivity contribution is -0.349. The second kappa shape index (κ2) is 4.61. The van der Waals surface area contributed by atoms with Crippen molar-refractivity contribution in [3.63, 3.8) is 0 Å². The van der Waals surface area contributed by atoms with Crippen LogP contribution < -0.4 is 16.2 Å². The lowest BCUT2D eigenvalue weighted by Crippen LogP contribution is -2.32. The molecule has 2 aromatic heterocycles. The Hall–Kier alpha value is -2.40. The van der Waals surface area contributed by atoms with Gasteiger partial charge in [0.05, 0.1) is 13.2 Å². The van der Waals surface area contributed by atoms with E-state index >= 15 is 0 Å². The molecular weight excluding hydrogens is 278 g/mol. The average molecular weight is 289 g/mol. The summed E-state index contributed by atoms with van der Waals surface area (Å²) in [7, 11) is 1.59. The molecule has 6 heteroatoms. The van der Waals surface area contributed by atoms with Crippen molar-refractivity contribution in [2.75, 3.05) is 0 Å². The molecule has 0 fully saturated rings. The highest BCUT2D eigenvalue weighted by atomic mass is 35.5. The zero-order valence-corrected chi connectivity index (χ0v) is 11.4. The van der Waals surface area contributed by atoms with E-state index in [1.54, 1.807) is 25.4 Å². The van der Waals surface area contributed by atoms with Crippen LogP contribution in [0.4, 0.5) is 0 Å². The van der Waals surface area contributed by atoms with Crippen molar-refractivity contribution >= 4 is 22.6 Å². The van der Waals surface area contributed by atoms with E-state index in [1.807, 2.05) is 18.2 Å². The number of pyridine rings is 1. The Morgan fingerprint density at radius 1 is 1.15 bits per heavy atom. The highest BCUT2D eigenvalue weighted by Crippen LogP contribution is 2.29. The first-order valence-corrected chi connectivity index (χ1v) is 6.36. The first-order valence-electron chi connectivity index (χ1n) is 5.98. The Bertz CT molecular complexity index is 928. The summed E-state index contributed by atoms with van der Waals surface area (Å²) < 4.78 is 1.36. The maximum Gasteiger partial charge on any atom is 0.415 e. The van der Waals surface area contributed by atoms with E-state index in [9.17, 15) is 9.59 Å². The van der Waals surface area contributed by atoms with Crippen LogP contribution in [0.15, 0.2) is 46.1 Å². The molecule has 3 aromatic rings. The number of nitrogens with zero attached hydrogens (tertiary/aromatic N) is 1. The maximum atomic E-state index is 12.1. The van der Waals surface area contributed by atoms with Gasteiger partial charge in [-0.25, -0.2) is 9.78 Å². The van der Waals surface area contributed by atoms with E-state index in [4.69, 9.17) is 11.6 Å². The van der Waals surface area contributed by atoms with Crippen molar-refractivity contribution in [1.82, 2.24) is 9.55 Å². The third-order valence-corrected chi connectivity index (χ3v) is 3.56. The van der Waals surface area contributed by atoms with Gasteiger partial charge >= 0.3 is 5.69 Å². The number of nitrogens with one attached hydrogen (secondary N) is 2. The third kappa shape index (κ3) is 1.83. The van der Waals surface area contributed by atoms with E-state index in [0.29, 0.717) is 21.6 Å². The number of hydrogen-bond donors (Lipinski definition) is 1. The standard InChI is InChI=1S/C14H10ClN3O2/c1-18-12-11(13(19)17-14(18)20)9(6-7-16-12)8-4-2-3-5-10(8)15/h2-7H,1H3,(H,17,19,20)/p+1. The van der Waals surface area contributed by atoms with Crippen LogP contribution in [0, 0.1) is 0 Å². The number of fused-ring (bicyclic) bond motifs is 1. The summed E-state index contributed by atoms with van der Waals surface area (Å²) in [5.74, 6) is 0. The van der Waals surface area contributed by atoms with Crippen LogP contribution in [0.2, 0.25) is 5.02 Å². The van der Waals surface area contributed by atoms with Crippen LogP contribution in [0.25, 0.3) is 22.2 Å². The number of aryl methyl sites for hydroxylation is 1. The molecule has 0 saturated heterocycles. The molecule has 0 atom stereocenters. The Labute approximate surface area is 118 Å². The van der Waals surface area contributed by atoms with Crippen LogP contribution in [0.3, 0.4) is 0 Å². The van der Waals surface area contributed by atoms with Crippen LogP contribution in [0.5, 0.6) is 0 Å². The molecule has 5 nitrogen and oxygen atoms in total. The van der Waals surface area contributed by atoms with Gasteiger partial charge in [-0.1, -0.05) is 29.8 Å². The maximum absolute atomic E-state index is 12.1. The molecule has 0 bridgehead atoms. The molecule has 2 heterocycles. The number of halogens is 1. The lowest BCUT2D eigenvalue weighted by Gasteiger charge is -2.05. The minimum atomic E-state index is -0.463. The molecule has 20 heavy (non-hydrogen) atoms. The van der Waals surface area contributed by atoms with Crippen LogP contribution in [-0.4, -0.2) is 9.55 Å². The average Bonchev–Trinajstić information content (AvgIpc) is 2.45. The van der Waals surface area contributed by atoms with Gasteiger partial charge in [0.25, 0.3) is 11.2 Å². The molecule has 0 saturated carbocycles. The van der Waals surface area contributed by atoms with Gasteiger partial charge in [-0.15, -0.1) is 0 Å². The molecule has 2 N–H and O–H groups in total. The summed E-state index contributed by atoms with van der Waals surface area (Å²) >= 11 is 6.19. The topological polar surface area (TPSA) is 69.0 Å². The van der Waals surface area contributed by atoms with Crippen molar-refractivity contribution in [2.45, 2.75) is 0 Å². The van der Waals surface area contributed by atoms with E-state index in [-0.39, 0.29) is 0 Å². The summed E-state index contributed by atoms with van der Waals surface area (Å²) in [5, 5.41) is 0.955. The molecule has 1 aromatic carbocycles. The number of aromatic amines is 2. The lowest BCUT2D eigenvalue weighted by atomic mass is 10.0. The Balaban J connectivity index is 2.51. The second-order valence-corrected chi connectivity index (χ2v) is 4.82. The largest absolute Gasteiger partial charge is 0.415 e. The number of rotatable bonds is 1. The predicted octanol–water partition coefficient (Wildman–Crippen LogP) is 1.36. The fraction of sp³-hybridized carbons (Fsp3) is 0.0714. The Morgan fingerprint density at radius 3 is 2.65 bits per heavy atom. The monoisotopic (exact) mass is 288 g/mol. The molecule has 0 spiro atoms. The zero-order chi connectivity index (χ0) is 14.3. The highest BCUT2D eigenvalue weighted by molar-refractivity contribution is 6.33. The van der Waals surface area contributed by atoms with Gasteiger partial charge < -0.3 is 0 Å². The fourth-order valence-electron chi connectivity index (χ4n) is 2.23. The van der Waals surface area contributed by atoms with Crippen molar-refractivity contribution in [3.8, 4) is 11.1 Å². The van der Waals surface area contributed by atoms with Gasteiger partial charge in [0.15, 0.2) is 0 Å². The molecule has 0 unspecified atom stereocenters. The van der Waals surface area contributed by atoms with Gasteiger partial charge in [-0.2, -0.15) is 4.57 Å². The van der Waals surface area contributed by atoms with Crippen molar-refractivity contribution < 1.29 is 4.98 Å². The van der Waals surface area contributed by atoms with Crippen LogP contribution in [0.1, 0.15) is 0 Å². The van der Waals surface area contributed by atoms with Crippen molar-refractivity contribution in [3.05, 3.63) is 62.4 Å². The van der Waals surface area contributed by atoms with Gasteiger partial charge in [0.2, 0.25) is 0 Å². The summed E-state index contributed by atoms with van der Waals surface area (Å²) in [5.41, 5.74) is 0.986. The fourth-order valence-corrected chi connectivity index (χ4v) is 2.47. The SMILES string of the molecule is Cn1c(=O)[nH]c(=O)c2c(-c3ccccc3Cl)cc[nH+]c21. The second-order valence-electron chi connectivity index (χ2n) is 4.41. The van der Waals surface area contributed by atoms with E-state index in [1.165, 1.54) is 4.57 Å². The van der Waals surface area contributed by atoms with Gasteiger partial charge in [-0.3, -0.25) is 9.78 Å². The first-order chi connectivity index (χ1) is 9.59. The van der Waals surface area contributed by atoms with Gasteiger partial charge in [0, 0.05) is 16.1 Å². The molecule has 0 radical (unpaired) electrons. The highest BCUT2D eigenvalue weighted by Gasteiger charge is 2.17. The number of H-pyrrole nitrogens is 2. The summed E-state index contributed by atoms with van der Waals surface area (Å²) in [6.07, 6.45) is 1.68. The first kappa shape index (κ1) is 12.6. The molecule has 0 aliphatic carbocycles. The molecule has 0 aliphatic rings. The van der Waals surface area contributed by atoms with Gasteiger partial charge in [0.1, 0.15) is 5.39 Å². The van der Waals surface area contributed by atoms with Gasteiger partial charge in [-0.05, 0) is 12.1 Å². The van der Waals surface area contributed by atoms with E-state index in [0.717, 1.165) is 5.56 Å². The quantitative estimate of drug-likeness (QED) is 0.734. The minimum absolute atomic E-state index is 0.405. The third-order valence-electron chi connectivity index (χ3n) is 3.23. The molecule has 100 valence electrons. The molecular formula is C14H11ClN3O2+. The zero-order valence-electron chi connectivity index (χ0n) is 10.6. The molecule has 3 rings (SSSR count). The Kier molecular flexibility index (Phi) is 2.91. The normalized spacial score (nSPS) is 10.9. The molecule has 0 amide bonds. The minimum Gasteiger partial charge on any atom is -0.268 e. The predicted molar refractivity (Wildman–Crippen MR) is 76.8 cm³/mol. The molecule has 0 aliphatic heterocycles. The van der Waals surface area contributed by atoms with Crippen molar-refractivity contribution in [2.24, 2.45) is 7.05 Å². The number of hydrogen-bond acceptors (Lipinski definition) is 2. The van der Waals surface area contributed by atoms with Crippen LogP contribution >= 0.6 is 11.6 Å². The van der Waals surface area contributed by atoms with E-state index < -0.39 is 11.2 Å². The Morgan fingerprint density at radius 2 is 1.90 bits per heavy atom. The number of aromatic nitrogens is 3. The smallest absolute Gasteiger partial charge is 0.268 e. The summed E-state index contributed by atoms with van der Waals surface area (Å²) in [6, 6.07) is 9.03. The summed E-state index contributed by atoms with van der Waals surface area (Å²) in [4.78, 5) is 29.0.